The standard InChI is InChI=1S/C33H31N7O2/c34-32-28(16-23(18-36-32)24-19-37-40(20-24)26-12-14-35-15-13-26)33-39-30-11-5-10-29(31(30)42-33)38-25-8-4-9-27(17-25)41-21-22-6-2-1-3-7-22/h1-11,16-20,26,35,38H,12-15,21H2,(H2,34,36). The summed E-state index contributed by atoms with van der Waals surface area (Å²) in [5.41, 5.74) is 13.0. The summed E-state index contributed by atoms with van der Waals surface area (Å²) in [6.07, 6.45) is 7.86. The Morgan fingerprint density at radius 1 is 0.952 bits per heavy atom. The number of pyridine rings is 1. The molecule has 4 heterocycles. The number of nitrogens with one attached hydrogen (secondary N) is 2. The van der Waals surface area contributed by atoms with Gasteiger partial charge in [0.1, 0.15) is 23.7 Å². The van der Waals surface area contributed by atoms with Crippen LogP contribution < -0.4 is 21.1 Å². The summed E-state index contributed by atoms with van der Waals surface area (Å²) >= 11 is 0. The minimum atomic E-state index is 0.355. The van der Waals surface area contributed by atoms with E-state index in [1.807, 2.05) is 85.1 Å². The molecule has 0 atom stereocenters. The first-order valence-electron chi connectivity index (χ1n) is 14.1. The number of hydrogen-bond donors (Lipinski definition) is 3. The molecule has 3 aromatic heterocycles. The molecule has 9 heteroatoms. The summed E-state index contributed by atoms with van der Waals surface area (Å²) in [5.74, 6) is 1.54. The van der Waals surface area contributed by atoms with E-state index in [9.17, 15) is 0 Å². The molecule has 3 aromatic carbocycles. The molecule has 9 nitrogen and oxygen atoms in total. The zero-order chi connectivity index (χ0) is 28.3. The molecule has 1 fully saturated rings. The van der Waals surface area contributed by atoms with Gasteiger partial charge in [-0.1, -0.05) is 42.5 Å². The monoisotopic (exact) mass is 557 g/mol. The first-order chi connectivity index (χ1) is 20.7. The Kier molecular flexibility index (Phi) is 6.99. The highest BCUT2D eigenvalue weighted by atomic mass is 16.5. The number of hydrogen-bond acceptors (Lipinski definition) is 8. The first-order valence-corrected chi connectivity index (χ1v) is 14.1. The van der Waals surface area contributed by atoms with Gasteiger partial charge in [0.25, 0.3) is 0 Å². The molecule has 0 saturated carbocycles. The Hall–Kier alpha value is -5.15. The molecule has 0 spiro atoms. The summed E-state index contributed by atoms with van der Waals surface area (Å²) in [7, 11) is 0. The summed E-state index contributed by atoms with van der Waals surface area (Å²) < 4.78 is 14.4. The zero-order valence-corrected chi connectivity index (χ0v) is 23.0. The number of nitrogens with two attached hydrogens (primary N) is 1. The van der Waals surface area contributed by atoms with Crippen LogP contribution in [0.5, 0.6) is 5.75 Å². The molecule has 0 bridgehead atoms. The minimum absolute atomic E-state index is 0.355. The van der Waals surface area contributed by atoms with E-state index in [-0.39, 0.29) is 0 Å². The maximum Gasteiger partial charge on any atom is 0.231 e. The van der Waals surface area contributed by atoms with E-state index in [2.05, 4.69) is 31.6 Å². The van der Waals surface area contributed by atoms with Crippen molar-refractivity contribution in [3.8, 4) is 28.3 Å². The summed E-state index contributed by atoms with van der Waals surface area (Å²) in [6.45, 7) is 2.52. The van der Waals surface area contributed by atoms with Crippen molar-refractivity contribution in [2.75, 3.05) is 24.1 Å². The van der Waals surface area contributed by atoms with Crippen molar-refractivity contribution in [2.24, 2.45) is 0 Å². The van der Waals surface area contributed by atoms with E-state index in [0.29, 0.717) is 35.5 Å². The van der Waals surface area contributed by atoms with Crippen LogP contribution in [0.25, 0.3) is 33.7 Å². The molecule has 1 aliphatic heterocycles. The molecule has 0 radical (unpaired) electrons. The van der Waals surface area contributed by atoms with Crippen molar-refractivity contribution in [1.29, 1.82) is 0 Å². The Labute approximate surface area is 243 Å². The van der Waals surface area contributed by atoms with Gasteiger partial charge in [0.15, 0.2) is 5.58 Å². The lowest BCUT2D eigenvalue weighted by Crippen LogP contribution is -2.29. The topological polar surface area (TPSA) is 116 Å². The molecule has 42 heavy (non-hydrogen) atoms. The third kappa shape index (κ3) is 5.42. The largest absolute Gasteiger partial charge is 0.489 e. The van der Waals surface area contributed by atoms with Gasteiger partial charge in [0.05, 0.1) is 23.5 Å². The second-order valence-corrected chi connectivity index (χ2v) is 10.4. The lowest BCUT2D eigenvalue weighted by molar-refractivity contribution is 0.306. The van der Waals surface area contributed by atoms with Crippen LogP contribution in [0.3, 0.4) is 0 Å². The molecule has 1 aliphatic rings. The summed E-state index contributed by atoms with van der Waals surface area (Å²) in [5, 5.41) is 11.5. The highest BCUT2D eigenvalue weighted by Gasteiger charge is 2.19. The molecule has 0 amide bonds. The third-order valence-corrected chi connectivity index (χ3v) is 7.54. The number of benzene rings is 3. The van der Waals surface area contributed by atoms with Crippen LogP contribution in [0.2, 0.25) is 0 Å². The minimum Gasteiger partial charge on any atom is -0.489 e. The van der Waals surface area contributed by atoms with E-state index < -0.39 is 0 Å². The van der Waals surface area contributed by atoms with Crippen LogP contribution in [0.1, 0.15) is 24.4 Å². The number of para-hydroxylation sites is 1. The van der Waals surface area contributed by atoms with Crippen LogP contribution in [-0.4, -0.2) is 32.8 Å². The average Bonchev–Trinajstić information content (AvgIpc) is 3.70. The molecule has 210 valence electrons. The number of rotatable bonds is 8. The van der Waals surface area contributed by atoms with E-state index in [1.165, 1.54) is 0 Å². The van der Waals surface area contributed by atoms with Crippen molar-refractivity contribution in [2.45, 2.75) is 25.5 Å². The van der Waals surface area contributed by atoms with Gasteiger partial charge in [-0.3, -0.25) is 4.68 Å². The van der Waals surface area contributed by atoms with Crippen molar-refractivity contribution in [1.82, 2.24) is 25.1 Å². The smallest absolute Gasteiger partial charge is 0.231 e. The fourth-order valence-corrected chi connectivity index (χ4v) is 5.29. The number of anilines is 3. The van der Waals surface area contributed by atoms with Crippen molar-refractivity contribution < 1.29 is 9.15 Å². The maximum absolute atomic E-state index is 6.32. The average molecular weight is 558 g/mol. The van der Waals surface area contributed by atoms with E-state index in [1.54, 1.807) is 6.20 Å². The van der Waals surface area contributed by atoms with E-state index in [0.717, 1.165) is 65.3 Å². The lowest BCUT2D eigenvalue weighted by Gasteiger charge is -2.22. The van der Waals surface area contributed by atoms with Gasteiger partial charge in [-0.25, -0.2) is 9.97 Å². The quantitative estimate of drug-likeness (QED) is 0.192. The molecular weight excluding hydrogens is 526 g/mol. The zero-order valence-electron chi connectivity index (χ0n) is 23.0. The molecule has 6 aromatic rings. The summed E-state index contributed by atoms with van der Waals surface area (Å²) in [4.78, 5) is 9.23. The summed E-state index contributed by atoms with van der Waals surface area (Å²) in [6, 6.07) is 26.2. The van der Waals surface area contributed by atoms with Gasteiger partial charge in [-0.05, 0) is 61.8 Å². The predicted molar refractivity (Wildman–Crippen MR) is 165 cm³/mol. The Balaban J connectivity index is 1.13. The Morgan fingerprint density at radius 3 is 2.69 bits per heavy atom. The van der Waals surface area contributed by atoms with Crippen molar-refractivity contribution in [3.05, 3.63) is 103 Å². The van der Waals surface area contributed by atoms with Crippen molar-refractivity contribution >= 4 is 28.3 Å². The van der Waals surface area contributed by atoms with Gasteiger partial charge in [-0.2, -0.15) is 5.10 Å². The molecule has 7 rings (SSSR count). The number of ether oxygens (including phenoxy) is 1. The third-order valence-electron chi connectivity index (χ3n) is 7.54. The van der Waals surface area contributed by atoms with Gasteiger partial charge < -0.3 is 25.5 Å². The Bertz CT molecular complexity index is 1820. The van der Waals surface area contributed by atoms with E-state index >= 15 is 0 Å². The number of nitrogens with zero attached hydrogens (tertiary/aromatic N) is 4. The normalized spacial score (nSPS) is 13.8. The number of fused-ring (bicyclic) bond motifs is 1. The van der Waals surface area contributed by atoms with Gasteiger partial charge >= 0.3 is 0 Å². The number of nitrogen functional groups attached to an aromatic ring is 1. The first kappa shape index (κ1) is 25.8. The van der Waals surface area contributed by atoms with Crippen molar-refractivity contribution in [3.63, 3.8) is 0 Å². The second-order valence-electron chi connectivity index (χ2n) is 10.4. The number of oxazole rings is 1. The number of aromatic nitrogens is 4. The fourth-order valence-electron chi connectivity index (χ4n) is 5.29. The van der Waals surface area contributed by atoms with Gasteiger partial charge in [0.2, 0.25) is 5.89 Å². The van der Waals surface area contributed by atoms with E-state index in [4.69, 9.17) is 19.9 Å². The van der Waals surface area contributed by atoms with Crippen LogP contribution in [-0.2, 0) is 6.61 Å². The molecular formula is C33H31N7O2. The van der Waals surface area contributed by atoms with Crippen LogP contribution >= 0.6 is 0 Å². The van der Waals surface area contributed by atoms with Crippen LogP contribution in [0.15, 0.2) is 102 Å². The lowest BCUT2D eigenvalue weighted by atomic mass is 10.1. The second kappa shape index (κ2) is 11.4. The molecule has 4 N–H and O–H groups in total. The van der Waals surface area contributed by atoms with Gasteiger partial charge in [-0.15, -0.1) is 0 Å². The SMILES string of the molecule is Nc1ncc(-c2cnn(C3CCNCC3)c2)cc1-c1nc2cccc(Nc3cccc(OCc4ccccc4)c3)c2o1. The highest BCUT2D eigenvalue weighted by molar-refractivity contribution is 5.91. The molecule has 0 aliphatic carbocycles. The maximum atomic E-state index is 6.32. The molecule has 0 unspecified atom stereocenters. The van der Waals surface area contributed by atoms with Crippen LogP contribution in [0, 0.1) is 0 Å². The number of piperidine rings is 1. The predicted octanol–water partition coefficient (Wildman–Crippen LogP) is 6.58. The fraction of sp³-hybridized carbons (Fsp3) is 0.182. The van der Waals surface area contributed by atoms with Gasteiger partial charge in [0, 0.05) is 35.3 Å². The highest BCUT2D eigenvalue weighted by Crippen LogP contribution is 2.35. The van der Waals surface area contributed by atoms with Crippen LogP contribution in [0.4, 0.5) is 17.2 Å². The molecule has 1 saturated heterocycles. The Morgan fingerprint density at radius 2 is 1.81 bits per heavy atom.